The molecule has 206 valence electrons. The van der Waals surface area contributed by atoms with E-state index in [0.717, 1.165) is 12.0 Å². The lowest BCUT2D eigenvalue weighted by molar-refractivity contribution is -0.221. The highest BCUT2D eigenvalue weighted by Gasteiger charge is 2.86. The molecule has 10 atom stereocenters. The number of hydrogen-bond donors (Lipinski definition) is 0. The van der Waals surface area contributed by atoms with Crippen LogP contribution in [-0.2, 0) is 38.1 Å². The number of hydrogen-bond acceptors (Lipinski definition) is 9. The molecular formula is C29H36O9. The zero-order valence-electron chi connectivity index (χ0n) is 22.8. The molecule has 0 radical (unpaired) electrons. The zero-order valence-corrected chi connectivity index (χ0v) is 22.8. The molecule has 2 saturated heterocycles. The van der Waals surface area contributed by atoms with Gasteiger partial charge in [-0.05, 0) is 24.8 Å². The highest BCUT2D eigenvalue weighted by atomic mass is 16.6. The maximum atomic E-state index is 14.4. The Bertz CT molecular complexity index is 1200. The van der Waals surface area contributed by atoms with Gasteiger partial charge < -0.3 is 23.4 Å². The predicted octanol–water partition coefficient (Wildman–Crippen LogP) is 3.79. The first-order valence-electron chi connectivity index (χ1n) is 13.5. The van der Waals surface area contributed by atoms with E-state index >= 15 is 0 Å². The number of ether oxygens (including phenoxy) is 4. The van der Waals surface area contributed by atoms with Gasteiger partial charge in [0.05, 0.1) is 32.0 Å². The van der Waals surface area contributed by atoms with Gasteiger partial charge in [-0.2, -0.15) is 0 Å². The van der Waals surface area contributed by atoms with Gasteiger partial charge in [0.15, 0.2) is 0 Å². The molecule has 9 nitrogen and oxygen atoms in total. The van der Waals surface area contributed by atoms with E-state index in [1.165, 1.54) is 14.0 Å². The van der Waals surface area contributed by atoms with Crippen molar-refractivity contribution in [1.82, 2.24) is 0 Å². The van der Waals surface area contributed by atoms with E-state index in [4.69, 9.17) is 23.4 Å². The Balaban J connectivity index is 1.50. The van der Waals surface area contributed by atoms with Crippen molar-refractivity contribution >= 4 is 23.7 Å². The average Bonchev–Trinajstić information content (AvgIpc) is 3.31. The normalized spacial score (nSPS) is 46.1. The Hall–Kier alpha value is -2.68. The van der Waals surface area contributed by atoms with Crippen LogP contribution in [0, 0.1) is 39.9 Å². The van der Waals surface area contributed by atoms with E-state index in [2.05, 4.69) is 6.92 Å². The Morgan fingerprint density at radius 3 is 2.50 bits per heavy atom. The Morgan fingerprint density at radius 1 is 1.13 bits per heavy atom. The molecule has 0 amide bonds. The summed E-state index contributed by atoms with van der Waals surface area (Å²) in [6.45, 7) is 9.38. The molecule has 0 unspecified atom stereocenters. The lowest BCUT2D eigenvalue weighted by atomic mass is 9.37. The number of cyclic esters (lactones) is 1. The summed E-state index contributed by atoms with van der Waals surface area (Å²) in [5.74, 6) is -2.77. The van der Waals surface area contributed by atoms with Crippen LogP contribution >= 0.6 is 0 Å². The van der Waals surface area contributed by atoms with Gasteiger partial charge in [-0.1, -0.05) is 27.7 Å². The number of fused-ring (bicyclic) bond motifs is 5. The van der Waals surface area contributed by atoms with Crippen molar-refractivity contribution in [3.63, 3.8) is 0 Å². The van der Waals surface area contributed by atoms with Crippen LogP contribution < -0.4 is 0 Å². The minimum absolute atomic E-state index is 0.0199. The van der Waals surface area contributed by atoms with Gasteiger partial charge in [-0.3, -0.25) is 19.2 Å². The SMILES string of the molecule is COC(=O)C[C@@H]1C(C)(C)[C@H](OC(C)=O)[C@@H]2C(=O)[C@@]1(C)[C@H]1CC[C@]3(C)[C@@H](CC(=O)O[C@H]3c3ccoc3)[C@]13O[C@H]23. The molecule has 38 heavy (non-hydrogen) atoms. The molecule has 2 bridgehead atoms. The smallest absolute Gasteiger partial charge is 0.306 e. The van der Waals surface area contributed by atoms with Crippen LogP contribution in [0.1, 0.15) is 72.0 Å². The third-order valence-electron chi connectivity index (χ3n) is 11.1. The summed E-state index contributed by atoms with van der Waals surface area (Å²) in [7, 11) is 1.34. The van der Waals surface area contributed by atoms with Crippen LogP contribution in [-0.4, -0.2) is 48.6 Å². The highest BCUT2D eigenvalue weighted by Crippen LogP contribution is 2.77. The van der Waals surface area contributed by atoms with Crippen LogP contribution in [0.5, 0.6) is 0 Å². The van der Waals surface area contributed by atoms with Crippen molar-refractivity contribution in [3.05, 3.63) is 24.2 Å². The number of epoxide rings is 1. The topological polar surface area (TPSA) is 122 Å². The first-order valence-corrected chi connectivity index (χ1v) is 13.5. The molecule has 0 aromatic carbocycles. The highest BCUT2D eigenvalue weighted by molar-refractivity contribution is 5.93. The lowest BCUT2D eigenvalue weighted by Crippen LogP contribution is -2.72. The summed E-state index contributed by atoms with van der Waals surface area (Å²) < 4.78 is 28.9. The number of methoxy groups -OCH3 is 1. The fourth-order valence-electron chi connectivity index (χ4n) is 9.48. The van der Waals surface area contributed by atoms with Gasteiger partial charge in [0.25, 0.3) is 0 Å². The molecule has 9 heteroatoms. The van der Waals surface area contributed by atoms with Crippen molar-refractivity contribution in [3.8, 4) is 0 Å². The van der Waals surface area contributed by atoms with Gasteiger partial charge in [0, 0.05) is 47.0 Å². The largest absolute Gasteiger partial charge is 0.472 e. The summed E-state index contributed by atoms with van der Waals surface area (Å²) in [6.07, 6.45) is 3.05. The Kier molecular flexibility index (Phi) is 5.34. The van der Waals surface area contributed by atoms with Crippen molar-refractivity contribution in [2.75, 3.05) is 7.11 Å². The maximum Gasteiger partial charge on any atom is 0.306 e. The second-order valence-corrected chi connectivity index (χ2v) is 13.0. The maximum absolute atomic E-state index is 14.4. The van der Waals surface area contributed by atoms with Gasteiger partial charge in [-0.25, -0.2) is 0 Å². The summed E-state index contributed by atoms with van der Waals surface area (Å²) in [5.41, 5.74) is -2.03. The van der Waals surface area contributed by atoms with Gasteiger partial charge >= 0.3 is 17.9 Å². The van der Waals surface area contributed by atoms with Gasteiger partial charge in [0.1, 0.15) is 29.7 Å². The molecule has 0 N–H and O–H groups in total. The van der Waals surface area contributed by atoms with Gasteiger partial charge in [-0.15, -0.1) is 0 Å². The van der Waals surface area contributed by atoms with E-state index in [9.17, 15) is 19.2 Å². The standard InChI is InChI=1S/C29H36O9/c1-14(30)36-24-21-22(33)28(5,17(26(24,2)3)11-19(31)34-6)16-7-9-27(4)18(29(16)25(21)38-29)12-20(32)37-23(27)15-8-10-35-13-15/h8,10,13,16-18,21,23-25H,7,9,11-12H2,1-6H3/t16-,17-,18-,21+,23+,24-,25-,27-,28+,29-/m1/s1. The second-order valence-electron chi connectivity index (χ2n) is 13.0. The summed E-state index contributed by atoms with van der Waals surface area (Å²) in [4.78, 5) is 52.5. The molecule has 1 spiro atoms. The Morgan fingerprint density at radius 2 is 1.87 bits per heavy atom. The minimum Gasteiger partial charge on any atom is -0.472 e. The van der Waals surface area contributed by atoms with E-state index < -0.39 is 63.9 Å². The molecule has 5 aliphatic rings. The number of esters is 3. The van der Waals surface area contributed by atoms with E-state index in [0.29, 0.717) is 6.42 Å². The number of Topliss-reactive ketones (excluding diaryl/α,β-unsaturated/α-hetero) is 1. The molecule has 5 fully saturated rings. The van der Waals surface area contributed by atoms with E-state index in [1.807, 2.05) is 26.8 Å². The average molecular weight is 529 g/mol. The number of carbonyl (C=O) groups is 4. The van der Waals surface area contributed by atoms with Crippen molar-refractivity contribution in [2.45, 2.75) is 84.2 Å². The van der Waals surface area contributed by atoms with Crippen LogP contribution in [0.3, 0.4) is 0 Å². The van der Waals surface area contributed by atoms with Crippen molar-refractivity contribution < 1.29 is 42.5 Å². The third kappa shape index (κ3) is 3.02. The van der Waals surface area contributed by atoms with Crippen LogP contribution in [0.2, 0.25) is 0 Å². The molecule has 3 heterocycles. The van der Waals surface area contributed by atoms with Gasteiger partial charge in [0.2, 0.25) is 0 Å². The molecule has 6 rings (SSSR count). The van der Waals surface area contributed by atoms with Crippen molar-refractivity contribution in [1.29, 1.82) is 0 Å². The third-order valence-corrected chi connectivity index (χ3v) is 11.1. The van der Waals surface area contributed by atoms with Crippen LogP contribution in [0.25, 0.3) is 0 Å². The van der Waals surface area contributed by atoms with Crippen LogP contribution in [0.15, 0.2) is 23.0 Å². The van der Waals surface area contributed by atoms with E-state index in [1.54, 1.807) is 12.5 Å². The number of rotatable bonds is 4. The summed E-state index contributed by atoms with van der Waals surface area (Å²) in [5, 5.41) is 0. The predicted molar refractivity (Wildman–Crippen MR) is 130 cm³/mol. The lowest BCUT2D eigenvalue weighted by Gasteiger charge is -2.65. The fraction of sp³-hybridized carbons (Fsp3) is 0.724. The molecule has 3 saturated carbocycles. The number of carbonyl (C=O) groups excluding carboxylic acids is 4. The van der Waals surface area contributed by atoms with Crippen LogP contribution in [0.4, 0.5) is 0 Å². The number of furan rings is 1. The fourth-order valence-corrected chi connectivity index (χ4v) is 9.48. The molecule has 1 aromatic heterocycles. The first-order chi connectivity index (χ1) is 17.8. The molecule has 2 aliphatic heterocycles. The molecule has 1 aromatic rings. The minimum atomic E-state index is -0.931. The molecule has 3 aliphatic carbocycles. The summed E-state index contributed by atoms with van der Waals surface area (Å²) in [6, 6.07) is 1.83. The summed E-state index contributed by atoms with van der Waals surface area (Å²) >= 11 is 0. The van der Waals surface area contributed by atoms with Crippen molar-refractivity contribution in [2.24, 2.45) is 39.9 Å². The number of ketones is 1. The second kappa shape index (κ2) is 7.93. The Labute approximate surface area is 221 Å². The first kappa shape index (κ1) is 25.6. The monoisotopic (exact) mass is 528 g/mol. The quantitative estimate of drug-likeness (QED) is 0.326. The zero-order chi connectivity index (χ0) is 27.4. The molecular weight excluding hydrogens is 492 g/mol. The van der Waals surface area contributed by atoms with E-state index in [-0.39, 0.29) is 36.4 Å².